The summed E-state index contributed by atoms with van der Waals surface area (Å²) in [6.07, 6.45) is 9.56. The van der Waals surface area contributed by atoms with Crippen LogP contribution in [-0.4, -0.2) is 9.97 Å². The highest BCUT2D eigenvalue weighted by Crippen LogP contribution is 2.26. The molecule has 1 aliphatic rings. The van der Waals surface area contributed by atoms with Gasteiger partial charge in [-0.15, -0.1) is 0 Å². The third kappa shape index (κ3) is 2.31. The molecule has 0 unspecified atom stereocenters. The number of rotatable bonds is 3. The fourth-order valence-electron chi connectivity index (χ4n) is 2.21. The molecule has 0 amide bonds. The highest BCUT2D eigenvalue weighted by atomic mass is 14.9. The lowest BCUT2D eigenvalue weighted by atomic mass is 10.0. The van der Waals surface area contributed by atoms with Crippen molar-refractivity contribution in [2.75, 3.05) is 0 Å². The second-order valence-corrected chi connectivity index (χ2v) is 4.17. The molecule has 1 fully saturated rings. The van der Waals surface area contributed by atoms with E-state index in [1.54, 1.807) is 0 Å². The van der Waals surface area contributed by atoms with Gasteiger partial charge < -0.3 is 0 Å². The fraction of sp³-hybridized carbons (Fsp3) is 0.667. The minimum Gasteiger partial charge on any atom is -0.241 e. The molecule has 0 aliphatic heterocycles. The minimum atomic E-state index is 0.849. The van der Waals surface area contributed by atoms with Gasteiger partial charge in [-0.05, 0) is 18.4 Å². The third-order valence-electron chi connectivity index (χ3n) is 3.07. The van der Waals surface area contributed by atoms with Gasteiger partial charge in [0.2, 0.25) is 0 Å². The van der Waals surface area contributed by atoms with Crippen LogP contribution in [0.5, 0.6) is 0 Å². The molecule has 2 rings (SSSR count). The molecule has 76 valence electrons. The van der Waals surface area contributed by atoms with Crippen LogP contribution in [0, 0.1) is 5.92 Å². The summed E-state index contributed by atoms with van der Waals surface area (Å²) in [4.78, 5) is 8.88. The van der Waals surface area contributed by atoms with Crippen LogP contribution in [0.25, 0.3) is 0 Å². The van der Waals surface area contributed by atoms with E-state index < -0.39 is 0 Å². The Morgan fingerprint density at radius 3 is 2.86 bits per heavy atom. The maximum absolute atomic E-state index is 4.54. The first-order chi connectivity index (χ1) is 6.88. The number of hydrogen-bond donors (Lipinski definition) is 0. The predicted molar refractivity (Wildman–Crippen MR) is 57.1 cm³/mol. The van der Waals surface area contributed by atoms with E-state index >= 15 is 0 Å². The Morgan fingerprint density at radius 1 is 1.36 bits per heavy atom. The first-order valence-electron chi connectivity index (χ1n) is 5.69. The predicted octanol–water partition coefficient (Wildman–Crippen LogP) is 2.77. The molecule has 1 aromatic heterocycles. The smallest absolute Gasteiger partial charge is 0.128 e. The number of hydrogen-bond acceptors (Lipinski definition) is 2. The Balaban J connectivity index is 2.00. The van der Waals surface area contributed by atoms with Gasteiger partial charge >= 0.3 is 0 Å². The summed E-state index contributed by atoms with van der Waals surface area (Å²) < 4.78 is 0. The fourth-order valence-corrected chi connectivity index (χ4v) is 2.21. The van der Waals surface area contributed by atoms with Crippen molar-refractivity contribution in [2.24, 2.45) is 5.92 Å². The monoisotopic (exact) mass is 190 g/mol. The molecule has 2 heteroatoms. The molecular formula is C12H18N2. The van der Waals surface area contributed by atoms with Crippen molar-refractivity contribution >= 4 is 0 Å². The molecule has 1 heterocycles. The van der Waals surface area contributed by atoms with Crippen LogP contribution in [-0.2, 0) is 12.8 Å². The van der Waals surface area contributed by atoms with Gasteiger partial charge in [-0.3, -0.25) is 0 Å². The SMILES string of the molecule is CCc1ccnc(CC2CCCC2)n1. The van der Waals surface area contributed by atoms with E-state index in [4.69, 9.17) is 0 Å². The molecule has 2 nitrogen and oxygen atoms in total. The van der Waals surface area contributed by atoms with E-state index in [1.165, 1.54) is 31.4 Å². The zero-order chi connectivity index (χ0) is 9.80. The van der Waals surface area contributed by atoms with Gasteiger partial charge in [0.05, 0.1) is 0 Å². The van der Waals surface area contributed by atoms with Crippen LogP contribution in [0.4, 0.5) is 0 Å². The normalized spacial score (nSPS) is 17.5. The van der Waals surface area contributed by atoms with Gasteiger partial charge in [0.25, 0.3) is 0 Å². The van der Waals surface area contributed by atoms with Gasteiger partial charge in [0, 0.05) is 18.3 Å². The van der Waals surface area contributed by atoms with Gasteiger partial charge in [0.1, 0.15) is 5.82 Å². The molecule has 1 aromatic rings. The molecule has 0 saturated heterocycles. The van der Waals surface area contributed by atoms with E-state index in [-0.39, 0.29) is 0 Å². The van der Waals surface area contributed by atoms with Crippen LogP contribution >= 0.6 is 0 Å². The summed E-state index contributed by atoms with van der Waals surface area (Å²) in [5.41, 5.74) is 1.17. The molecule has 0 bridgehead atoms. The summed E-state index contributed by atoms with van der Waals surface area (Å²) in [7, 11) is 0. The quantitative estimate of drug-likeness (QED) is 0.732. The van der Waals surface area contributed by atoms with Crippen LogP contribution in [0.15, 0.2) is 12.3 Å². The van der Waals surface area contributed by atoms with Crippen molar-refractivity contribution in [1.82, 2.24) is 9.97 Å². The Kier molecular flexibility index (Phi) is 3.12. The van der Waals surface area contributed by atoms with E-state index in [2.05, 4.69) is 16.9 Å². The minimum absolute atomic E-state index is 0.849. The Hall–Kier alpha value is -0.920. The lowest BCUT2D eigenvalue weighted by Crippen LogP contribution is -2.04. The Bertz CT molecular complexity index is 290. The van der Waals surface area contributed by atoms with Gasteiger partial charge in [-0.25, -0.2) is 9.97 Å². The molecule has 0 atom stereocenters. The summed E-state index contributed by atoms with van der Waals surface area (Å²) in [6, 6.07) is 2.01. The lowest BCUT2D eigenvalue weighted by molar-refractivity contribution is 0.529. The second kappa shape index (κ2) is 4.54. The van der Waals surface area contributed by atoms with Crippen LogP contribution in [0.2, 0.25) is 0 Å². The van der Waals surface area contributed by atoms with Crippen molar-refractivity contribution in [1.29, 1.82) is 0 Å². The molecule has 0 radical (unpaired) electrons. The summed E-state index contributed by atoms with van der Waals surface area (Å²) in [5, 5.41) is 0. The molecule has 0 aromatic carbocycles. The zero-order valence-corrected chi connectivity index (χ0v) is 8.87. The Morgan fingerprint density at radius 2 is 2.14 bits per heavy atom. The molecular weight excluding hydrogens is 172 g/mol. The third-order valence-corrected chi connectivity index (χ3v) is 3.07. The molecule has 1 aliphatic carbocycles. The van der Waals surface area contributed by atoms with Crippen molar-refractivity contribution in [3.8, 4) is 0 Å². The summed E-state index contributed by atoms with van der Waals surface area (Å²) in [6.45, 7) is 2.14. The number of aryl methyl sites for hydroxylation is 1. The zero-order valence-electron chi connectivity index (χ0n) is 8.87. The largest absolute Gasteiger partial charge is 0.241 e. The van der Waals surface area contributed by atoms with Gasteiger partial charge in [-0.1, -0.05) is 32.6 Å². The maximum Gasteiger partial charge on any atom is 0.128 e. The Labute approximate surface area is 85.8 Å². The van der Waals surface area contributed by atoms with Crippen LogP contribution in [0.3, 0.4) is 0 Å². The van der Waals surface area contributed by atoms with Crippen LogP contribution < -0.4 is 0 Å². The van der Waals surface area contributed by atoms with E-state index in [1.807, 2.05) is 12.3 Å². The van der Waals surface area contributed by atoms with Gasteiger partial charge in [-0.2, -0.15) is 0 Å². The highest BCUT2D eigenvalue weighted by Gasteiger charge is 2.16. The summed E-state index contributed by atoms with van der Waals surface area (Å²) >= 11 is 0. The first kappa shape index (κ1) is 9.63. The average Bonchev–Trinajstić information content (AvgIpc) is 2.71. The van der Waals surface area contributed by atoms with Gasteiger partial charge in [0.15, 0.2) is 0 Å². The topological polar surface area (TPSA) is 25.8 Å². The molecule has 14 heavy (non-hydrogen) atoms. The molecule has 0 N–H and O–H groups in total. The van der Waals surface area contributed by atoms with E-state index in [9.17, 15) is 0 Å². The maximum atomic E-state index is 4.54. The van der Waals surface area contributed by atoms with E-state index in [0.717, 1.165) is 24.6 Å². The van der Waals surface area contributed by atoms with Crippen molar-refractivity contribution in [2.45, 2.75) is 45.4 Å². The number of nitrogens with zero attached hydrogens (tertiary/aromatic N) is 2. The van der Waals surface area contributed by atoms with Crippen molar-refractivity contribution < 1.29 is 0 Å². The lowest BCUT2D eigenvalue weighted by Gasteiger charge is -2.07. The standard InChI is InChI=1S/C12H18N2/c1-2-11-7-8-13-12(14-11)9-10-5-3-4-6-10/h7-8,10H,2-6,9H2,1H3. The van der Waals surface area contributed by atoms with Crippen molar-refractivity contribution in [3.05, 3.63) is 23.8 Å². The van der Waals surface area contributed by atoms with Crippen molar-refractivity contribution in [3.63, 3.8) is 0 Å². The number of aromatic nitrogens is 2. The van der Waals surface area contributed by atoms with E-state index in [0.29, 0.717) is 0 Å². The first-order valence-corrected chi connectivity index (χ1v) is 5.69. The summed E-state index contributed by atoms with van der Waals surface area (Å²) in [5.74, 6) is 1.90. The highest BCUT2D eigenvalue weighted by molar-refractivity contribution is 5.02. The van der Waals surface area contributed by atoms with Crippen LogP contribution in [0.1, 0.15) is 44.1 Å². The molecule has 0 spiro atoms. The second-order valence-electron chi connectivity index (χ2n) is 4.17. The average molecular weight is 190 g/mol. The molecule has 1 saturated carbocycles.